The molecule has 88 valence electrons. The van der Waals surface area contributed by atoms with Crippen molar-refractivity contribution in [1.29, 1.82) is 0 Å². The van der Waals surface area contributed by atoms with Crippen molar-refractivity contribution in [3.8, 4) is 0 Å². The zero-order valence-electron chi connectivity index (χ0n) is 9.29. The van der Waals surface area contributed by atoms with Gasteiger partial charge in [0.1, 0.15) is 0 Å². The highest BCUT2D eigenvalue weighted by Crippen LogP contribution is 2.24. The third-order valence-electron chi connectivity index (χ3n) is 3.29. The number of H-pyrrole nitrogens is 1. The van der Waals surface area contributed by atoms with Gasteiger partial charge in [-0.1, -0.05) is 15.9 Å². The van der Waals surface area contributed by atoms with Crippen molar-refractivity contribution in [1.82, 2.24) is 10.3 Å². The summed E-state index contributed by atoms with van der Waals surface area (Å²) in [5.74, 6) is 0.201. The molecule has 0 radical (unpaired) electrons. The molecule has 1 aliphatic rings. The van der Waals surface area contributed by atoms with E-state index in [0.717, 1.165) is 40.3 Å². The number of benzene rings is 1. The Morgan fingerprint density at radius 1 is 1.41 bits per heavy atom. The molecular weight excluding hydrogens is 280 g/mol. The van der Waals surface area contributed by atoms with Gasteiger partial charge in [-0.3, -0.25) is 4.79 Å². The molecule has 4 heteroatoms. The van der Waals surface area contributed by atoms with Crippen LogP contribution >= 0.6 is 15.9 Å². The van der Waals surface area contributed by atoms with Gasteiger partial charge in [-0.15, -0.1) is 0 Å². The maximum Gasteiger partial charge on any atom is 0.181 e. The average Bonchev–Trinajstić information content (AvgIpc) is 2.97. The lowest BCUT2D eigenvalue weighted by atomic mass is 10.0. The summed E-state index contributed by atoms with van der Waals surface area (Å²) in [4.78, 5) is 15.5. The molecule has 1 saturated heterocycles. The second-order valence-corrected chi connectivity index (χ2v) is 5.32. The Hall–Kier alpha value is -1.13. The zero-order valence-corrected chi connectivity index (χ0v) is 10.9. The van der Waals surface area contributed by atoms with Crippen molar-refractivity contribution in [2.75, 3.05) is 6.54 Å². The molecule has 0 bridgehead atoms. The van der Waals surface area contributed by atoms with Gasteiger partial charge in [0.05, 0.1) is 6.04 Å². The molecule has 3 nitrogen and oxygen atoms in total. The molecule has 1 fully saturated rings. The quantitative estimate of drug-likeness (QED) is 0.836. The molecule has 2 N–H and O–H groups in total. The van der Waals surface area contributed by atoms with E-state index in [9.17, 15) is 4.79 Å². The van der Waals surface area contributed by atoms with Crippen molar-refractivity contribution in [3.05, 3.63) is 34.4 Å². The lowest BCUT2D eigenvalue weighted by Gasteiger charge is -2.07. The molecular formula is C13H13BrN2O. The minimum atomic E-state index is -0.00650. The van der Waals surface area contributed by atoms with Crippen LogP contribution in [0.25, 0.3) is 10.9 Å². The molecule has 3 rings (SSSR count). The van der Waals surface area contributed by atoms with E-state index in [1.54, 1.807) is 0 Å². The van der Waals surface area contributed by atoms with Crippen LogP contribution in [-0.2, 0) is 0 Å². The van der Waals surface area contributed by atoms with E-state index in [1.807, 2.05) is 24.4 Å². The summed E-state index contributed by atoms with van der Waals surface area (Å²) in [6.07, 6.45) is 3.85. The van der Waals surface area contributed by atoms with Gasteiger partial charge in [-0.2, -0.15) is 0 Å². The molecule has 0 aliphatic carbocycles. The van der Waals surface area contributed by atoms with E-state index >= 15 is 0 Å². The van der Waals surface area contributed by atoms with Crippen molar-refractivity contribution >= 4 is 32.6 Å². The van der Waals surface area contributed by atoms with Crippen molar-refractivity contribution < 1.29 is 4.79 Å². The molecule has 1 atom stereocenters. The Bertz CT molecular complexity index is 570. The Labute approximate surface area is 108 Å². The molecule has 0 amide bonds. The SMILES string of the molecule is O=C(c1c[nH]c2ccc(Br)cc12)C1CCCN1. The monoisotopic (exact) mass is 292 g/mol. The van der Waals surface area contributed by atoms with Gasteiger partial charge >= 0.3 is 0 Å². The molecule has 1 aliphatic heterocycles. The number of nitrogens with one attached hydrogen (secondary N) is 2. The number of hydrogen-bond donors (Lipinski definition) is 2. The summed E-state index contributed by atoms with van der Waals surface area (Å²) in [6, 6.07) is 5.95. The minimum absolute atomic E-state index is 0.00650. The largest absolute Gasteiger partial charge is 0.360 e. The number of fused-ring (bicyclic) bond motifs is 1. The van der Waals surface area contributed by atoms with E-state index in [0.29, 0.717) is 0 Å². The van der Waals surface area contributed by atoms with Crippen molar-refractivity contribution in [3.63, 3.8) is 0 Å². The Kier molecular flexibility index (Phi) is 2.76. The number of carbonyl (C=O) groups is 1. The van der Waals surface area contributed by atoms with Gasteiger partial charge in [0.2, 0.25) is 0 Å². The Balaban J connectivity index is 2.04. The Morgan fingerprint density at radius 3 is 3.06 bits per heavy atom. The highest BCUT2D eigenvalue weighted by Gasteiger charge is 2.25. The smallest absolute Gasteiger partial charge is 0.181 e. The molecule has 0 spiro atoms. The number of Topliss-reactive ketones (excluding diaryl/α,β-unsaturated/α-hetero) is 1. The first-order valence-electron chi connectivity index (χ1n) is 5.80. The van der Waals surface area contributed by atoms with Crippen LogP contribution in [0.1, 0.15) is 23.2 Å². The summed E-state index contributed by atoms with van der Waals surface area (Å²) in [5, 5.41) is 4.25. The number of aromatic amines is 1. The third kappa shape index (κ3) is 1.91. The summed E-state index contributed by atoms with van der Waals surface area (Å²) >= 11 is 3.44. The lowest BCUT2D eigenvalue weighted by Crippen LogP contribution is -2.30. The standard InChI is InChI=1S/C13H13BrN2O/c14-8-3-4-11-9(6-8)10(7-16-11)13(17)12-2-1-5-15-12/h3-4,6-7,12,15-16H,1-2,5H2. The van der Waals surface area contributed by atoms with Crippen molar-refractivity contribution in [2.24, 2.45) is 0 Å². The maximum atomic E-state index is 12.3. The van der Waals surface area contributed by atoms with Crippen LogP contribution in [0.3, 0.4) is 0 Å². The summed E-state index contributed by atoms with van der Waals surface area (Å²) in [6.45, 7) is 0.947. The predicted octanol–water partition coefficient (Wildman–Crippen LogP) is 2.87. The number of halogens is 1. The number of ketones is 1. The minimum Gasteiger partial charge on any atom is -0.360 e. The van der Waals surface area contributed by atoms with Gasteiger partial charge in [0.15, 0.2) is 5.78 Å². The van der Waals surface area contributed by atoms with Crippen LogP contribution in [-0.4, -0.2) is 23.4 Å². The Morgan fingerprint density at radius 2 is 2.29 bits per heavy atom. The lowest BCUT2D eigenvalue weighted by molar-refractivity contribution is 0.0954. The summed E-state index contributed by atoms with van der Waals surface area (Å²) in [7, 11) is 0. The van der Waals surface area contributed by atoms with E-state index in [1.165, 1.54) is 0 Å². The molecule has 2 aromatic rings. The number of rotatable bonds is 2. The van der Waals surface area contributed by atoms with Crippen LogP contribution in [0.4, 0.5) is 0 Å². The first-order chi connectivity index (χ1) is 8.25. The first-order valence-corrected chi connectivity index (χ1v) is 6.59. The number of carbonyl (C=O) groups excluding carboxylic acids is 1. The second-order valence-electron chi connectivity index (χ2n) is 4.41. The normalized spacial score (nSPS) is 19.9. The first kappa shape index (κ1) is 11.0. The summed E-state index contributed by atoms with van der Waals surface area (Å²) < 4.78 is 0.998. The maximum absolute atomic E-state index is 12.3. The van der Waals surface area contributed by atoms with Crippen LogP contribution in [0.15, 0.2) is 28.9 Å². The van der Waals surface area contributed by atoms with E-state index in [-0.39, 0.29) is 11.8 Å². The van der Waals surface area contributed by atoms with Gasteiger partial charge in [0.25, 0.3) is 0 Å². The van der Waals surface area contributed by atoms with E-state index in [2.05, 4.69) is 26.2 Å². The van der Waals surface area contributed by atoms with E-state index < -0.39 is 0 Å². The van der Waals surface area contributed by atoms with Crippen LogP contribution < -0.4 is 5.32 Å². The number of hydrogen-bond acceptors (Lipinski definition) is 2. The van der Waals surface area contributed by atoms with Crippen molar-refractivity contribution in [2.45, 2.75) is 18.9 Å². The van der Waals surface area contributed by atoms with Gasteiger partial charge in [0, 0.05) is 27.1 Å². The molecule has 0 saturated carbocycles. The summed E-state index contributed by atoms with van der Waals surface area (Å²) in [5.41, 5.74) is 1.80. The topological polar surface area (TPSA) is 44.9 Å². The molecule has 17 heavy (non-hydrogen) atoms. The van der Waals surface area contributed by atoms with Gasteiger partial charge < -0.3 is 10.3 Å². The fourth-order valence-corrected chi connectivity index (χ4v) is 2.75. The fourth-order valence-electron chi connectivity index (χ4n) is 2.39. The zero-order chi connectivity index (χ0) is 11.8. The van der Waals surface area contributed by atoms with Crippen LogP contribution in [0, 0.1) is 0 Å². The average molecular weight is 293 g/mol. The third-order valence-corrected chi connectivity index (χ3v) is 3.78. The highest BCUT2D eigenvalue weighted by molar-refractivity contribution is 9.10. The molecule has 1 aromatic heterocycles. The van der Waals surface area contributed by atoms with Crippen LogP contribution in [0.5, 0.6) is 0 Å². The predicted molar refractivity (Wildman–Crippen MR) is 71.4 cm³/mol. The second kappa shape index (κ2) is 4.27. The van der Waals surface area contributed by atoms with Crippen LogP contribution in [0.2, 0.25) is 0 Å². The molecule has 1 unspecified atom stereocenters. The van der Waals surface area contributed by atoms with Gasteiger partial charge in [-0.05, 0) is 37.6 Å². The van der Waals surface area contributed by atoms with E-state index in [4.69, 9.17) is 0 Å². The van der Waals surface area contributed by atoms with Gasteiger partial charge in [-0.25, -0.2) is 0 Å². The fraction of sp³-hybridized carbons (Fsp3) is 0.308. The number of aromatic nitrogens is 1. The molecule has 1 aromatic carbocycles. The highest BCUT2D eigenvalue weighted by atomic mass is 79.9. The molecule has 2 heterocycles.